The molecule has 4 nitrogen and oxygen atoms in total. The van der Waals surface area contributed by atoms with Gasteiger partial charge in [0.2, 0.25) is 0 Å². The predicted molar refractivity (Wildman–Crippen MR) is 81.7 cm³/mol. The fourth-order valence-electron chi connectivity index (χ4n) is 2.88. The topological polar surface area (TPSA) is 66.4 Å². The first kappa shape index (κ1) is 15.8. The maximum atomic E-state index is 12.4. The number of rotatable bonds is 3. The number of aliphatic carboxylic acids is 1. The second-order valence-electron chi connectivity index (χ2n) is 5.58. The van der Waals surface area contributed by atoms with Crippen molar-refractivity contribution in [2.45, 2.75) is 45.1 Å². The van der Waals surface area contributed by atoms with Crippen molar-refractivity contribution in [3.63, 3.8) is 0 Å². The van der Waals surface area contributed by atoms with E-state index in [2.05, 4.69) is 5.32 Å². The van der Waals surface area contributed by atoms with Crippen molar-refractivity contribution in [1.29, 1.82) is 0 Å². The zero-order valence-corrected chi connectivity index (χ0v) is 12.8. The number of carboxylic acids is 1. The standard InChI is InChI=1S/C16H20ClNO3/c1-10-11(7-5-8-13(10)17)15(19)18-14-9-4-2-3-6-12(14)16(20)21/h5,7-8,12,14H,2-4,6,9H2,1H3,(H,18,19)(H,20,21). The lowest BCUT2D eigenvalue weighted by Crippen LogP contribution is -2.43. The van der Waals surface area contributed by atoms with E-state index in [0.717, 1.165) is 24.8 Å². The zero-order valence-electron chi connectivity index (χ0n) is 12.1. The first-order valence-electron chi connectivity index (χ1n) is 7.29. The molecule has 2 atom stereocenters. The average Bonchev–Trinajstić information content (AvgIpc) is 2.67. The van der Waals surface area contributed by atoms with Gasteiger partial charge in [-0.05, 0) is 37.5 Å². The predicted octanol–water partition coefficient (Wildman–Crippen LogP) is 3.41. The van der Waals surface area contributed by atoms with Gasteiger partial charge in [0, 0.05) is 16.6 Å². The van der Waals surface area contributed by atoms with E-state index >= 15 is 0 Å². The van der Waals surface area contributed by atoms with Crippen LogP contribution in [0.15, 0.2) is 18.2 Å². The van der Waals surface area contributed by atoms with E-state index in [9.17, 15) is 14.7 Å². The molecule has 0 aliphatic heterocycles. The van der Waals surface area contributed by atoms with Gasteiger partial charge in [-0.3, -0.25) is 9.59 Å². The summed E-state index contributed by atoms with van der Waals surface area (Å²) in [5.41, 5.74) is 1.23. The lowest BCUT2D eigenvalue weighted by molar-refractivity contribution is -0.142. The Hall–Kier alpha value is -1.55. The molecule has 0 saturated heterocycles. The smallest absolute Gasteiger partial charge is 0.308 e. The summed E-state index contributed by atoms with van der Waals surface area (Å²) >= 11 is 6.03. The molecule has 0 aromatic heterocycles. The highest BCUT2D eigenvalue weighted by Crippen LogP contribution is 2.25. The van der Waals surface area contributed by atoms with Crippen LogP contribution in [0.2, 0.25) is 5.02 Å². The molecule has 0 heterocycles. The molecule has 2 N–H and O–H groups in total. The highest BCUT2D eigenvalue weighted by molar-refractivity contribution is 6.31. The third-order valence-electron chi connectivity index (χ3n) is 4.16. The van der Waals surface area contributed by atoms with Crippen molar-refractivity contribution < 1.29 is 14.7 Å². The summed E-state index contributed by atoms with van der Waals surface area (Å²) in [5.74, 6) is -1.57. The van der Waals surface area contributed by atoms with Crippen LogP contribution in [-0.4, -0.2) is 23.0 Å². The fourth-order valence-corrected chi connectivity index (χ4v) is 3.05. The molecule has 1 amide bonds. The van der Waals surface area contributed by atoms with Crippen LogP contribution in [0.3, 0.4) is 0 Å². The number of carbonyl (C=O) groups is 2. The second-order valence-corrected chi connectivity index (χ2v) is 5.98. The van der Waals surface area contributed by atoms with Gasteiger partial charge in [-0.1, -0.05) is 36.9 Å². The van der Waals surface area contributed by atoms with Crippen LogP contribution in [0, 0.1) is 12.8 Å². The van der Waals surface area contributed by atoms with Crippen molar-refractivity contribution in [3.8, 4) is 0 Å². The van der Waals surface area contributed by atoms with Crippen molar-refractivity contribution >= 4 is 23.5 Å². The quantitative estimate of drug-likeness (QED) is 0.841. The second kappa shape index (κ2) is 6.94. The number of hydrogen-bond donors (Lipinski definition) is 2. The number of amides is 1. The molecule has 2 rings (SSSR count). The maximum Gasteiger partial charge on any atom is 0.308 e. The van der Waals surface area contributed by atoms with E-state index in [1.807, 2.05) is 0 Å². The summed E-state index contributed by atoms with van der Waals surface area (Å²) in [6.45, 7) is 1.79. The number of benzene rings is 1. The molecule has 1 saturated carbocycles. The molecular weight excluding hydrogens is 290 g/mol. The van der Waals surface area contributed by atoms with E-state index in [-0.39, 0.29) is 11.9 Å². The van der Waals surface area contributed by atoms with Crippen molar-refractivity contribution in [2.75, 3.05) is 0 Å². The van der Waals surface area contributed by atoms with E-state index < -0.39 is 11.9 Å². The lowest BCUT2D eigenvalue weighted by atomic mass is 9.94. The van der Waals surface area contributed by atoms with Gasteiger partial charge in [0.25, 0.3) is 5.91 Å². The van der Waals surface area contributed by atoms with Gasteiger partial charge < -0.3 is 10.4 Å². The van der Waals surface area contributed by atoms with Crippen molar-refractivity contribution in [3.05, 3.63) is 34.3 Å². The Kier molecular flexibility index (Phi) is 5.23. The minimum atomic E-state index is -0.829. The third kappa shape index (κ3) is 3.76. The molecule has 1 aliphatic rings. The molecule has 0 bridgehead atoms. The van der Waals surface area contributed by atoms with Gasteiger partial charge in [0.15, 0.2) is 0 Å². The minimum absolute atomic E-state index is 0.242. The van der Waals surface area contributed by atoms with Crippen molar-refractivity contribution in [1.82, 2.24) is 5.32 Å². The number of halogens is 1. The Balaban J connectivity index is 2.16. The van der Waals surface area contributed by atoms with Gasteiger partial charge in [-0.15, -0.1) is 0 Å². The molecule has 1 aromatic rings. The van der Waals surface area contributed by atoms with Crippen LogP contribution < -0.4 is 5.32 Å². The molecule has 5 heteroatoms. The summed E-state index contributed by atoms with van der Waals surface area (Å²) in [6, 6.07) is 4.87. The summed E-state index contributed by atoms with van der Waals surface area (Å²) in [7, 11) is 0. The normalized spacial score (nSPS) is 22.4. The van der Waals surface area contributed by atoms with Crippen LogP contribution in [-0.2, 0) is 4.79 Å². The Labute approximate surface area is 129 Å². The highest BCUT2D eigenvalue weighted by Gasteiger charge is 2.31. The van der Waals surface area contributed by atoms with Crippen LogP contribution in [0.4, 0.5) is 0 Å². The highest BCUT2D eigenvalue weighted by atomic mass is 35.5. The van der Waals surface area contributed by atoms with Crippen LogP contribution in [0.5, 0.6) is 0 Å². The molecule has 114 valence electrons. The van der Waals surface area contributed by atoms with E-state index in [0.29, 0.717) is 23.4 Å². The zero-order chi connectivity index (χ0) is 15.4. The van der Waals surface area contributed by atoms with Gasteiger partial charge in [0.05, 0.1) is 5.92 Å². The number of carboxylic acid groups (broad SMARTS) is 1. The molecule has 0 spiro atoms. The SMILES string of the molecule is Cc1c(Cl)cccc1C(=O)NC1CCCCCC1C(=O)O. The van der Waals surface area contributed by atoms with E-state index in [4.69, 9.17) is 11.6 Å². The Morgan fingerprint density at radius 1 is 1.24 bits per heavy atom. The Bertz CT molecular complexity index is 544. The Morgan fingerprint density at radius 3 is 2.67 bits per heavy atom. The summed E-state index contributed by atoms with van der Waals surface area (Å²) in [6.07, 6.45) is 4.20. The number of hydrogen-bond acceptors (Lipinski definition) is 2. The summed E-state index contributed by atoms with van der Waals surface area (Å²) < 4.78 is 0. The first-order valence-corrected chi connectivity index (χ1v) is 7.67. The molecule has 21 heavy (non-hydrogen) atoms. The van der Waals surface area contributed by atoms with Crippen LogP contribution in [0.25, 0.3) is 0 Å². The number of carbonyl (C=O) groups excluding carboxylic acids is 1. The largest absolute Gasteiger partial charge is 0.481 e. The Morgan fingerprint density at radius 2 is 1.95 bits per heavy atom. The first-order chi connectivity index (χ1) is 10.0. The third-order valence-corrected chi connectivity index (χ3v) is 4.57. The van der Waals surface area contributed by atoms with Gasteiger partial charge in [-0.25, -0.2) is 0 Å². The minimum Gasteiger partial charge on any atom is -0.481 e. The molecular formula is C16H20ClNO3. The molecule has 1 aliphatic carbocycles. The fraction of sp³-hybridized carbons (Fsp3) is 0.500. The monoisotopic (exact) mass is 309 g/mol. The lowest BCUT2D eigenvalue weighted by Gasteiger charge is -2.23. The van der Waals surface area contributed by atoms with Crippen LogP contribution in [0.1, 0.15) is 48.0 Å². The van der Waals surface area contributed by atoms with Gasteiger partial charge in [0.1, 0.15) is 0 Å². The molecule has 0 radical (unpaired) electrons. The average molecular weight is 310 g/mol. The van der Waals surface area contributed by atoms with E-state index in [1.54, 1.807) is 25.1 Å². The van der Waals surface area contributed by atoms with E-state index in [1.165, 1.54) is 0 Å². The van der Waals surface area contributed by atoms with Crippen molar-refractivity contribution in [2.24, 2.45) is 5.92 Å². The maximum absolute atomic E-state index is 12.4. The summed E-state index contributed by atoms with van der Waals surface area (Å²) in [5, 5.41) is 12.8. The molecule has 1 aromatic carbocycles. The molecule has 2 unspecified atom stereocenters. The van der Waals surface area contributed by atoms with Crippen LogP contribution >= 0.6 is 11.6 Å². The molecule has 1 fully saturated rings. The number of nitrogens with one attached hydrogen (secondary N) is 1. The van der Waals surface area contributed by atoms with Gasteiger partial charge in [-0.2, -0.15) is 0 Å². The summed E-state index contributed by atoms with van der Waals surface area (Å²) in [4.78, 5) is 23.8. The van der Waals surface area contributed by atoms with Gasteiger partial charge >= 0.3 is 5.97 Å².